The van der Waals surface area contributed by atoms with E-state index in [4.69, 9.17) is 4.42 Å². The van der Waals surface area contributed by atoms with Crippen molar-refractivity contribution in [3.63, 3.8) is 0 Å². The highest BCUT2D eigenvalue weighted by Crippen LogP contribution is 2.45. The zero-order chi connectivity index (χ0) is 18.4. The quantitative estimate of drug-likeness (QED) is 0.831. The fourth-order valence-corrected chi connectivity index (χ4v) is 4.17. The molecule has 1 aromatic rings. The van der Waals surface area contributed by atoms with Gasteiger partial charge in [0.15, 0.2) is 0 Å². The molecule has 2 aliphatic heterocycles. The SMILES string of the molecule is Cc1cc(CN2C[C@H](C)[C@]3(CCN(CC(=O)N(C)C)C3=O)C2)oc1C. The Morgan fingerprint density at radius 1 is 1.40 bits per heavy atom. The molecule has 6 nitrogen and oxygen atoms in total. The van der Waals surface area contributed by atoms with Gasteiger partial charge in [-0.1, -0.05) is 6.92 Å². The van der Waals surface area contributed by atoms with Crippen molar-refractivity contribution in [3.8, 4) is 0 Å². The van der Waals surface area contributed by atoms with Gasteiger partial charge >= 0.3 is 0 Å². The van der Waals surface area contributed by atoms with Crippen LogP contribution in [0.5, 0.6) is 0 Å². The lowest BCUT2D eigenvalue weighted by atomic mass is 9.78. The zero-order valence-electron chi connectivity index (χ0n) is 16.0. The molecule has 1 spiro atoms. The molecule has 3 heterocycles. The van der Waals surface area contributed by atoms with Crippen LogP contribution in [0.2, 0.25) is 0 Å². The van der Waals surface area contributed by atoms with Gasteiger partial charge in [-0.2, -0.15) is 0 Å². The molecule has 25 heavy (non-hydrogen) atoms. The highest BCUT2D eigenvalue weighted by atomic mass is 16.3. The number of likely N-dealkylation sites (tertiary alicyclic amines) is 2. The summed E-state index contributed by atoms with van der Waals surface area (Å²) in [6, 6.07) is 2.09. The van der Waals surface area contributed by atoms with Crippen LogP contribution in [0.4, 0.5) is 0 Å². The summed E-state index contributed by atoms with van der Waals surface area (Å²) in [6.07, 6.45) is 0.834. The second-order valence-electron chi connectivity index (χ2n) is 7.94. The molecule has 0 N–H and O–H groups in total. The Morgan fingerprint density at radius 2 is 2.12 bits per heavy atom. The predicted molar refractivity (Wildman–Crippen MR) is 94.9 cm³/mol. The van der Waals surface area contributed by atoms with E-state index in [9.17, 15) is 9.59 Å². The van der Waals surface area contributed by atoms with Gasteiger partial charge in [-0.25, -0.2) is 0 Å². The van der Waals surface area contributed by atoms with Crippen molar-refractivity contribution in [3.05, 3.63) is 23.2 Å². The fourth-order valence-electron chi connectivity index (χ4n) is 4.17. The van der Waals surface area contributed by atoms with Gasteiger partial charge in [0.25, 0.3) is 0 Å². The number of likely N-dealkylation sites (N-methyl/N-ethyl adjacent to an activating group) is 1. The van der Waals surface area contributed by atoms with Crippen LogP contribution in [0.15, 0.2) is 10.5 Å². The summed E-state index contributed by atoms with van der Waals surface area (Å²) < 4.78 is 5.80. The number of furan rings is 1. The third-order valence-electron chi connectivity index (χ3n) is 5.94. The van der Waals surface area contributed by atoms with E-state index in [1.807, 2.05) is 6.92 Å². The maximum absolute atomic E-state index is 13.1. The third-order valence-corrected chi connectivity index (χ3v) is 5.94. The van der Waals surface area contributed by atoms with Crippen LogP contribution in [0.3, 0.4) is 0 Å². The van der Waals surface area contributed by atoms with E-state index in [1.54, 1.807) is 23.9 Å². The van der Waals surface area contributed by atoms with E-state index in [1.165, 1.54) is 5.56 Å². The summed E-state index contributed by atoms with van der Waals surface area (Å²) in [6.45, 7) is 9.44. The second-order valence-corrected chi connectivity index (χ2v) is 7.94. The van der Waals surface area contributed by atoms with Gasteiger partial charge in [-0.05, 0) is 37.8 Å². The van der Waals surface area contributed by atoms with E-state index in [-0.39, 0.29) is 29.7 Å². The van der Waals surface area contributed by atoms with E-state index in [2.05, 4.69) is 24.8 Å². The van der Waals surface area contributed by atoms with Crippen molar-refractivity contribution >= 4 is 11.8 Å². The first-order valence-electron chi connectivity index (χ1n) is 9.01. The van der Waals surface area contributed by atoms with E-state index >= 15 is 0 Å². The van der Waals surface area contributed by atoms with E-state index in [0.29, 0.717) is 6.54 Å². The lowest BCUT2D eigenvalue weighted by Gasteiger charge is -2.27. The highest BCUT2D eigenvalue weighted by molar-refractivity contribution is 5.90. The third kappa shape index (κ3) is 3.19. The van der Waals surface area contributed by atoms with Gasteiger partial charge in [-0.3, -0.25) is 14.5 Å². The largest absolute Gasteiger partial charge is 0.465 e. The number of hydrogen-bond donors (Lipinski definition) is 0. The number of carbonyl (C=O) groups excluding carboxylic acids is 2. The molecule has 2 aliphatic rings. The van der Waals surface area contributed by atoms with Gasteiger partial charge in [-0.15, -0.1) is 0 Å². The van der Waals surface area contributed by atoms with Crippen LogP contribution in [-0.4, -0.2) is 66.8 Å². The summed E-state index contributed by atoms with van der Waals surface area (Å²) in [5.74, 6) is 2.34. The average molecular weight is 347 g/mol. The minimum absolute atomic E-state index is 0.0190. The Hall–Kier alpha value is -1.82. The Bertz CT molecular complexity index is 662. The van der Waals surface area contributed by atoms with Crippen molar-refractivity contribution in [1.82, 2.24) is 14.7 Å². The van der Waals surface area contributed by atoms with Crippen LogP contribution < -0.4 is 0 Å². The molecule has 3 rings (SSSR count). The second kappa shape index (κ2) is 6.48. The van der Waals surface area contributed by atoms with Crippen LogP contribution in [0.25, 0.3) is 0 Å². The number of rotatable bonds is 4. The molecule has 2 amide bonds. The molecular weight excluding hydrogens is 318 g/mol. The molecule has 0 unspecified atom stereocenters. The highest BCUT2D eigenvalue weighted by Gasteiger charge is 2.55. The Kier molecular flexibility index (Phi) is 4.66. The molecule has 0 radical (unpaired) electrons. The lowest BCUT2D eigenvalue weighted by molar-refractivity contribution is -0.142. The van der Waals surface area contributed by atoms with Gasteiger partial charge in [0.2, 0.25) is 11.8 Å². The minimum Gasteiger partial charge on any atom is -0.465 e. The van der Waals surface area contributed by atoms with Crippen LogP contribution >= 0.6 is 0 Å². The van der Waals surface area contributed by atoms with Crippen LogP contribution in [0.1, 0.15) is 30.4 Å². The van der Waals surface area contributed by atoms with Gasteiger partial charge in [0.1, 0.15) is 11.5 Å². The molecule has 6 heteroatoms. The molecule has 2 fully saturated rings. The molecule has 0 bridgehead atoms. The minimum atomic E-state index is -0.344. The molecule has 0 saturated carbocycles. The van der Waals surface area contributed by atoms with Crippen molar-refractivity contribution in [2.45, 2.75) is 33.7 Å². The van der Waals surface area contributed by atoms with Crippen molar-refractivity contribution in [2.24, 2.45) is 11.3 Å². The number of nitrogens with zero attached hydrogens (tertiary/aromatic N) is 3. The summed E-state index contributed by atoms with van der Waals surface area (Å²) in [5, 5.41) is 0. The van der Waals surface area contributed by atoms with Crippen molar-refractivity contribution < 1.29 is 14.0 Å². The van der Waals surface area contributed by atoms with Gasteiger partial charge < -0.3 is 14.2 Å². The normalized spacial score (nSPS) is 26.8. The Balaban J connectivity index is 1.68. The summed E-state index contributed by atoms with van der Waals surface area (Å²) >= 11 is 0. The summed E-state index contributed by atoms with van der Waals surface area (Å²) in [7, 11) is 3.46. The molecule has 2 atom stereocenters. The summed E-state index contributed by atoms with van der Waals surface area (Å²) in [4.78, 5) is 30.6. The maximum Gasteiger partial charge on any atom is 0.241 e. The Labute approximate surface area is 149 Å². The lowest BCUT2D eigenvalue weighted by Crippen LogP contribution is -2.43. The molecular formula is C19H29N3O3. The average Bonchev–Trinajstić information content (AvgIpc) is 3.12. The van der Waals surface area contributed by atoms with Crippen LogP contribution in [0, 0.1) is 25.2 Å². The van der Waals surface area contributed by atoms with Crippen molar-refractivity contribution in [1.29, 1.82) is 0 Å². The van der Waals surface area contributed by atoms with E-state index in [0.717, 1.165) is 37.6 Å². The molecule has 1 aromatic heterocycles. The zero-order valence-corrected chi connectivity index (χ0v) is 16.0. The monoisotopic (exact) mass is 347 g/mol. The predicted octanol–water partition coefficient (Wildman–Crippen LogP) is 1.66. The van der Waals surface area contributed by atoms with Crippen molar-refractivity contribution in [2.75, 3.05) is 40.3 Å². The first-order chi connectivity index (χ1) is 11.7. The molecule has 138 valence electrons. The van der Waals surface area contributed by atoms with Gasteiger partial charge in [0, 0.05) is 33.7 Å². The fraction of sp³-hybridized carbons (Fsp3) is 0.684. The first kappa shape index (κ1) is 18.0. The number of amides is 2. The number of carbonyl (C=O) groups is 2. The smallest absolute Gasteiger partial charge is 0.241 e. The maximum atomic E-state index is 13.1. The van der Waals surface area contributed by atoms with Gasteiger partial charge in [0.05, 0.1) is 18.5 Å². The van der Waals surface area contributed by atoms with E-state index < -0.39 is 0 Å². The summed E-state index contributed by atoms with van der Waals surface area (Å²) in [5.41, 5.74) is 0.825. The Morgan fingerprint density at radius 3 is 2.72 bits per heavy atom. The molecule has 2 saturated heterocycles. The number of hydrogen-bond acceptors (Lipinski definition) is 4. The number of aryl methyl sites for hydroxylation is 2. The molecule has 0 aromatic carbocycles. The topological polar surface area (TPSA) is 57.0 Å². The first-order valence-corrected chi connectivity index (χ1v) is 9.01. The van der Waals surface area contributed by atoms with Crippen LogP contribution in [-0.2, 0) is 16.1 Å². The standard InChI is InChI=1S/C19H29N3O3/c1-13-8-16(25-15(13)3)10-21-9-14(2)19(12-21)6-7-22(18(19)24)11-17(23)20(4)5/h8,14H,6-7,9-12H2,1-5H3/t14-,19-/m0/s1. The molecule has 0 aliphatic carbocycles.